The molecule has 1 aliphatic carbocycles. The minimum atomic E-state index is 0.0748. The minimum absolute atomic E-state index is 0.0748. The zero-order chi connectivity index (χ0) is 12.8. The lowest BCUT2D eigenvalue weighted by Gasteiger charge is -2.09. The number of benzene rings is 2. The van der Waals surface area contributed by atoms with Gasteiger partial charge in [-0.15, -0.1) is 0 Å². The molecule has 0 fully saturated rings. The second kappa shape index (κ2) is 3.85. The number of ether oxygens (including phenoxy) is 1. The van der Waals surface area contributed by atoms with E-state index in [-0.39, 0.29) is 17.9 Å². The van der Waals surface area contributed by atoms with Crippen LogP contribution in [0.3, 0.4) is 0 Å². The Bertz CT molecular complexity index is 678. The number of hydrogen-bond acceptors (Lipinski definition) is 3. The van der Waals surface area contributed by atoms with Crippen molar-refractivity contribution >= 4 is 5.90 Å². The molecule has 0 spiro atoms. The maximum atomic E-state index is 9.87. The number of hydrogen-bond donors (Lipinski definition) is 1. The molecular formula is C16H13NO2. The van der Waals surface area contributed by atoms with Gasteiger partial charge >= 0.3 is 0 Å². The largest absolute Gasteiger partial charge is 0.507 e. The number of aliphatic imine (C=N–C) groups is 1. The Balaban J connectivity index is 1.75. The highest BCUT2D eigenvalue weighted by molar-refractivity contribution is 5.98. The quantitative estimate of drug-likeness (QED) is 0.846. The Kier molecular flexibility index (Phi) is 2.15. The number of phenols is 1. The zero-order valence-corrected chi connectivity index (χ0v) is 10.3. The van der Waals surface area contributed by atoms with E-state index in [1.807, 2.05) is 24.3 Å². The number of phenolic OH excluding ortho intramolecular Hbond substituents is 1. The summed E-state index contributed by atoms with van der Waals surface area (Å²) >= 11 is 0. The van der Waals surface area contributed by atoms with E-state index < -0.39 is 0 Å². The number of nitrogens with zero attached hydrogens (tertiary/aromatic N) is 1. The van der Waals surface area contributed by atoms with Crippen molar-refractivity contribution in [3.63, 3.8) is 0 Å². The Morgan fingerprint density at radius 1 is 1.05 bits per heavy atom. The molecule has 0 saturated carbocycles. The summed E-state index contributed by atoms with van der Waals surface area (Å²) in [6, 6.07) is 15.6. The van der Waals surface area contributed by atoms with Gasteiger partial charge in [0.15, 0.2) is 0 Å². The van der Waals surface area contributed by atoms with Gasteiger partial charge in [0.2, 0.25) is 5.90 Å². The zero-order valence-electron chi connectivity index (χ0n) is 10.3. The molecule has 1 N–H and O–H groups in total. The Morgan fingerprint density at radius 2 is 1.84 bits per heavy atom. The molecule has 2 aromatic carbocycles. The van der Waals surface area contributed by atoms with Crippen LogP contribution in [0.25, 0.3) is 0 Å². The summed E-state index contributed by atoms with van der Waals surface area (Å²) in [5.74, 6) is 0.775. The summed E-state index contributed by atoms with van der Waals surface area (Å²) in [7, 11) is 0. The third-order valence-electron chi connectivity index (χ3n) is 3.80. The second-order valence-electron chi connectivity index (χ2n) is 4.96. The van der Waals surface area contributed by atoms with E-state index in [0.29, 0.717) is 11.5 Å². The first-order chi connectivity index (χ1) is 9.33. The first-order valence-corrected chi connectivity index (χ1v) is 6.43. The van der Waals surface area contributed by atoms with Crippen LogP contribution >= 0.6 is 0 Å². The number of aromatic hydroxyl groups is 1. The summed E-state index contributed by atoms with van der Waals surface area (Å²) in [6.45, 7) is 0. The molecule has 0 amide bonds. The molecule has 1 aliphatic heterocycles. The van der Waals surface area contributed by atoms with Gasteiger partial charge in [0.05, 0.1) is 5.56 Å². The van der Waals surface area contributed by atoms with Gasteiger partial charge in [-0.05, 0) is 23.3 Å². The number of rotatable bonds is 1. The topological polar surface area (TPSA) is 41.8 Å². The summed E-state index contributed by atoms with van der Waals surface area (Å²) < 4.78 is 5.92. The van der Waals surface area contributed by atoms with Gasteiger partial charge in [-0.2, -0.15) is 0 Å². The van der Waals surface area contributed by atoms with Crippen molar-refractivity contribution in [2.45, 2.75) is 18.6 Å². The molecule has 0 aromatic heterocycles. The summed E-state index contributed by atoms with van der Waals surface area (Å²) in [5, 5.41) is 9.87. The van der Waals surface area contributed by atoms with E-state index in [2.05, 4.69) is 17.1 Å². The van der Waals surface area contributed by atoms with Crippen LogP contribution in [0, 0.1) is 0 Å². The predicted octanol–water partition coefficient (Wildman–Crippen LogP) is 2.84. The minimum Gasteiger partial charge on any atom is -0.507 e. The molecule has 0 unspecified atom stereocenters. The fraction of sp³-hybridized carbons (Fsp3) is 0.188. The molecule has 19 heavy (non-hydrogen) atoms. The average molecular weight is 251 g/mol. The molecule has 2 aliphatic rings. The van der Waals surface area contributed by atoms with E-state index in [1.165, 1.54) is 11.1 Å². The molecule has 2 atom stereocenters. The molecule has 1 heterocycles. The van der Waals surface area contributed by atoms with Crippen molar-refractivity contribution in [2.24, 2.45) is 4.99 Å². The third-order valence-corrected chi connectivity index (χ3v) is 3.80. The maximum absolute atomic E-state index is 9.87. The summed E-state index contributed by atoms with van der Waals surface area (Å²) in [5.41, 5.74) is 3.24. The molecule has 4 rings (SSSR count). The molecule has 0 saturated heterocycles. The first kappa shape index (κ1) is 10.6. The third kappa shape index (κ3) is 1.55. The summed E-state index contributed by atoms with van der Waals surface area (Å²) in [6.07, 6.45) is 0.966. The van der Waals surface area contributed by atoms with Gasteiger partial charge < -0.3 is 9.84 Å². The molecule has 0 radical (unpaired) electrons. The van der Waals surface area contributed by atoms with Crippen molar-refractivity contribution in [1.29, 1.82) is 0 Å². The lowest BCUT2D eigenvalue weighted by Crippen LogP contribution is -2.13. The lowest BCUT2D eigenvalue weighted by atomic mass is 10.1. The molecule has 2 aromatic rings. The van der Waals surface area contributed by atoms with Crippen molar-refractivity contribution in [1.82, 2.24) is 0 Å². The van der Waals surface area contributed by atoms with Crippen molar-refractivity contribution in [3.8, 4) is 5.75 Å². The monoisotopic (exact) mass is 251 g/mol. The lowest BCUT2D eigenvalue weighted by molar-refractivity contribution is 0.206. The molecule has 3 nitrogen and oxygen atoms in total. The van der Waals surface area contributed by atoms with Crippen molar-refractivity contribution < 1.29 is 9.84 Å². The predicted molar refractivity (Wildman–Crippen MR) is 72.4 cm³/mol. The van der Waals surface area contributed by atoms with E-state index in [1.54, 1.807) is 12.1 Å². The van der Waals surface area contributed by atoms with Crippen LogP contribution in [0.4, 0.5) is 0 Å². The van der Waals surface area contributed by atoms with Gasteiger partial charge in [0.1, 0.15) is 17.9 Å². The van der Waals surface area contributed by atoms with Crippen molar-refractivity contribution in [3.05, 3.63) is 65.2 Å². The van der Waals surface area contributed by atoms with Gasteiger partial charge in [-0.1, -0.05) is 36.4 Å². The van der Waals surface area contributed by atoms with Crippen LogP contribution in [-0.2, 0) is 11.2 Å². The average Bonchev–Trinajstić information content (AvgIpc) is 2.96. The van der Waals surface area contributed by atoms with Crippen LogP contribution in [0.15, 0.2) is 53.5 Å². The highest BCUT2D eigenvalue weighted by Crippen LogP contribution is 2.41. The summed E-state index contributed by atoms with van der Waals surface area (Å²) in [4.78, 5) is 4.66. The first-order valence-electron chi connectivity index (χ1n) is 6.43. The molecule has 0 bridgehead atoms. The standard InChI is InChI=1S/C16H13NO2/c18-13-8-4-3-7-12(13)16-17-15-11-6-2-1-5-10(11)9-14(15)19-16/h1-8,14-15,18H,9H2/t14-,15+/m0/s1. The molecule has 3 heteroatoms. The van der Waals surface area contributed by atoms with Crippen LogP contribution in [0.5, 0.6) is 5.75 Å². The van der Waals surface area contributed by atoms with E-state index >= 15 is 0 Å². The second-order valence-corrected chi connectivity index (χ2v) is 4.96. The number of para-hydroxylation sites is 1. The fourth-order valence-corrected chi connectivity index (χ4v) is 2.88. The van der Waals surface area contributed by atoms with Gasteiger partial charge in [0.25, 0.3) is 0 Å². The smallest absolute Gasteiger partial charge is 0.221 e. The van der Waals surface area contributed by atoms with Crippen LogP contribution in [-0.4, -0.2) is 17.1 Å². The molecular weight excluding hydrogens is 238 g/mol. The van der Waals surface area contributed by atoms with Crippen molar-refractivity contribution in [2.75, 3.05) is 0 Å². The highest BCUT2D eigenvalue weighted by Gasteiger charge is 2.39. The Hall–Kier alpha value is -2.29. The number of fused-ring (bicyclic) bond motifs is 3. The van der Waals surface area contributed by atoms with Crippen LogP contribution in [0.2, 0.25) is 0 Å². The highest BCUT2D eigenvalue weighted by atomic mass is 16.5. The van der Waals surface area contributed by atoms with E-state index in [0.717, 1.165) is 6.42 Å². The maximum Gasteiger partial charge on any atom is 0.221 e. The van der Waals surface area contributed by atoms with Crippen LogP contribution in [0.1, 0.15) is 22.7 Å². The fourth-order valence-electron chi connectivity index (χ4n) is 2.88. The Morgan fingerprint density at radius 3 is 2.74 bits per heavy atom. The van der Waals surface area contributed by atoms with Gasteiger partial charge in [-0.3, -0.25) is 0 Å². The van der Waals surface area contributed by atoms with Crippen LogP contribution < -0.4 is 0 Å². The molecule has 94 valence electrons. The van der Waals surface area contributed by atoms with Gasteiger partial charge in [-0.25, -0.2) is 4.99 Å². The Labute approximate surface area is 111 Å². The van der Waals surface area contributed by atoms with E-state index in [4.69, 9.17) is 4.74 Å². The normalized spacial score (nSPS) is 23.5. The van der Waals surface area contributed by atoms with Gasteiger partial charge in [0, 0.05) is 6.42 Å². The van der Waals surface area contributed by atoms with E-state index in [9.17, 15) is 5.11 Å². The SMILES string of the molecule is Oc1ccccc1C1=N[C@@H]2c3ccccc3C[C@@H]2O1.